The Hall–Kier alpha value is -2.34. The van der Waals surface area contributed by atoms with Crippen LogP contribution < -0.4 is 20.1 Å². The molecule has 0 bridgehead atoms. The Morgan fingerprint density at radius 3 is 2.52 bits per heavy atom. The van der Waals surface area contributed by atoms with E-state index in [9.17, 15) is 4.39 Å². The summed E-state index contributed by atoms with van der Waals surface area (Å²) < 4.78 is 23.9. The SMILES string of the molecule is COc1ccc(OCC(C)NC(=S)Nc2cccc(F)c2)cc1. The Kier molecular flexibility index (Phi) is 6.17. The van der Waals surface area contributed by atoms with Gasteiger partial charge in [0.1, 0.15) is 23.9 Å². The van der Waals surface area contributed by atoms with E-state index < -0.39 is 0 Å². The van der Waals surface area contributed by atoms with Crippen molar-refractivity contribution in [1.82, 2.24) is 5.32 Å². The molecule has 2 aromatic rings. The van der Waals surface area contributed by atoms with Crippen molar-refractivity contribution in [1.29, 1.82) is 0 Å². The van der Waals surface area contributed by atoms with Crippen LogP contribution in [-0.4, -0.2) is 24.9 Å². The predicted octanol–water partition coefficient (Wildman–Crippen LogP) is 3.59. The number of thiocarbonyl (C=S) groups is 1. The highest BCUT2D eigenvalue weighted by molar-refractivity contribution is 7.80. The zero-order valence-electron chi connectivity index (χ0n) is 13.0. The van der Waals surface area contributed by atoms with Crippen molar-refractivity contribution in [2.75, 3.05) is 19.0 Å². The molecule has 2 rings (SSSR count). The minimum atomic E-state index is -0.311. The van der Waals surface area contributed by atoms with E-state index in [2.05, 4.69) is 10.6 Å². The van der Waals surface area contributed by atoms with Gasteiger partial charge in [-0.3, -0.25) is 0 Å². The number of halogens is 1. The van der Waals surface area contributed by atoms with Crippen molar-refractivity contribution in [3.8, 4) is 11.5 Å². The molecule has 0 saturated carbocycles. The maximum atomic E-state index is 13.1. The lowest BCUT2D eigenvalue weighted by molar-refractivity contribution is 0.286. The van der Waals surface area contributed by atoms with Crippen LogP contribution in [0.3, 0.4) is 0 Å². The molecule has 1 unspecified atom stereocenters. The normalized spacial score (nSPS) is 11.4. The summed E-state index contributed by atoms with van der Waals surface area (Å²) in [5.41, 5.74) is 0.603. The molecule has 122 valence electrons. The zero-order valence-corrected chi connectivity index (χ0v) is 13.8. The van der Waals surface area contributed by atoms with Gasteiger partial charge >= 0.3 is 0 Å². The number of anilines is 1. The fourth-order valence-corrected chi connectivity index (χ4v) is 2.21. The number of rotatable bonds is 6. The van der Waals surface area contributed by atoms with Gasteiger partial charge in [0.15, 0.2) is 5.11 Å². The van der Waals surface area contributed by atoms with Crippen molar-refractivity contribution in [3.05, 3.63) is 54.3 Å². The summed E-state index contributed by atoms with van der Waals surface area (Å²) in [5.74, 6) is 1.22. The van der Waals surface area contributed by atoms with Crippen molar-refractivity contribution >= 4 is 23.0 Å². The molecule has 0 fully saturated rings. The van der Waals surface area contributed by atoms with Crippen LogP contribution in [0.15, 0.2) is 48.5 Å². The summed E-state index contributed by atoms with van der Waals surface area (Å²) >= 11 is 5.20. The fraction of sp³-hybridized carbons (Fsp3) is 0.235. The zero-order chi connectivity index (χ0) is 16.7. The second-order valence-electron chi connectivity index (χ2n) is 5.00. The molecule has 2 N–H and O–H groups in total. The van der Waals surface area contributed by atoms with Gasteiger partial charge in [0, 0.05) is 5.69 Å². The minimum Gasteiger partial charge on any atom is -0.497 e. The first-order valence-corrected chi connectivity index (χ1v) is 7.57. The number of nitrogens with one attached hydrogen (secondary N) is 2. The molecule has 6 heteroatoms. The second kappa shape index (κ2) is 8.33. The van der Waals surface area contributed by atoms with Gasteiger partial charge in [-0.05, 0) is 61.6 Å². The molecule has 0 aromatic heterocycles. The first kappa shape index (κ1) is 17.0. The molecule has 2 aromatic carbocycles. The predicted molar refractivity (Wildman–Crippen MR) is 93.7 cm³/mol. The van der Waals surface area contributed by atoms with Gasteiger partial charge in [0.05, 0.1) is 13.2 Å². The maximum Gasteiger partial charge on any atom is 0.171 e. The van der Waals surface area contributed by atoms with Crippen LogP contribution in [0.5, 0.6) is 11.5 Å². The molecule has 0 spiro atoms. The van der Waals surface area contributed by atoms with Gasteiger partial charge in [-0.15, -0.1) is 0 Å². The van der Waals surface area contributed by atoms with Gasteiger partial charge < -0.3 is 20.1 Å². The average Bonchev–Trinajstić information content (AvgIpc) is 2.53. The highest BCUT2D eigenvalue weighted by atomic mass is 32.1. The first-order chi connectivity index (χ1) is 11.1. The van der Waals surface area contributed by atoms with E-state index in [0.29, 0.717) is 17.4 Å². The van der Waals surface area contributed by atoms with Crippen LogP contribution in [-0.2, 0) is 0 Å². The standard InChI is InChI=1S/C17H19FN2O2S/c1-12(11-22-16-8-6-15(21-2)7-9-16)19-17(23)20-14-5-3-4-13(18)10-14/h3-10,12H,11H2,1-2H3,(H2,19,20,23). The van der Waals surface area contributed by atoms with Crippen LogP contribution in [0.2, 0.25) is 0 Å². The lowest BCUT2D eigenvalue weighted by Crippen LogP contribution is -2.39. The fourth-order valence-electron chi connectivity index (χ4n) is 1.89. The summed E-state index contributed by atoms with van der Waals surface area (Å²) in [4.78, 5) is 0. The van der Waals surface area contributed by atoms with Crippen molar-refractivity contribution < 1.29 is 13.9 Å². The third-order valence-electron chi connectivity index (χ3n) is 3.02. The van der Waals surface area contributed by atoms with E-state index in [4.69, 9.17) is 21.7 Å². The number of hydrogen-bond donors (Lipinski definition) is 2. The van der Waals surface area contributed by atoms with E-state index in [0.717, 1.165) is 11.5 Å². The van der Waals surface area contributed by atoms with Crippen molar-refractivity contribution in [2.45, 2.75) is 13.0 Å². The third kappa shape index (κ3) is 5.75. The topological polar surface area (TPSA) is 42.5 Å². The van der Waals surface area contributed by atoms with Crippen LogP contribution in [0.25, 0.3) is 0 Å². The van der Waals surface area contributed by atoms with Gasteiger partial charge in [0.2, 0.25) is 0 Å². The van der Waals surface area contributed by atoms with Gasteiger partial charge in [-0.2, -0.15) is 0 Å². The lowest BCUT2D eigenvalue weighted by Gasteiger charge is -2.17. The Labute approximate surface area is 140 Å². The highest BCUT2D eigenvalue weighted by Gasteiger charge is 2.06. The van der Waals surface area contributed by atoms with Crippen LogP contribution >= 0.6 is 12.2 Å². The number of ether oxygens (including phenoxy) is 2. The monoisotopic (exact) mass is 334 g/mol. The molecule has 0 amide bonds. The van der Waals surface area contributed by atoms with Crippen LogP contribution in [0.1, 0.15) is 6.92 Å². The third-order valence-corrected chi connectivity index (χ3v) is 3.24. The van der Waals surface area contributed by atoms with Crippen molar-refractivity contribution in [2.24, 2.45) is 0 Å². The molecule has 1 atom stereocenters. The van der Waals surface area contributed by atoms with E-state index in [-0.39, 0.29) is 11.9 Å². The number of benzene rings is 2. The van der Waals surface area contributed by atoms with Crippen LogP contribution in [0.4, 0.5) is 10.1 Å². The highest BCUT2D eigenvalue weighted by Crippen LogP contribution is 2.17. The Morgan fingerprint density at radius 2 is 1.87 bits per heavy atom. The Bertz CT molecular complexity index is 649. The largest absolute Gasteiger partial charge is 0.497 e. The van der Waals surface area contributed by atoms with Crippen LogP contribution in [0, 0.1) is 5.82 Å². The van der Waals surface area contributed by atoms with Gasteiger partial charge in [-0.25, -0.2) is 4.39 Å². The van der Waals surface area contributed by atoms with Gasteiger partial charge in [0.25, 0.3) is 0 Å². The number of methoxy groups -OCH3 is 1. The maximum absolute atomic E-state index is 13.1. The minimum absolute atomic E-state index is 0.00865. The smallest absolute Gasteiger partial charge is 0.171 e. The Morgan fingerprint density at radius 1 is 1.17 bits per heavy atom. The quantitative estimate of drug-likeness (QED) is 0.790. The lowest BCUT2D eigenvalue weighted by atomic mass is 10.3. The van der Waals surface area contributed by atoms with Crippen molar-refractivity contribution in [3.63, 3.8) is 0 Å². The van der Waals surface area contributed by atoms with Gasteiger partial charge in [-0.1, -0.05) is 6.07 Å². The molecule has 0 aliphatic rings. The molecule has 0 radical (unpaired) electrons. The summed E-state index contributed by atoms with van der Waals surface area (Å²) in [7, 11) is 1.62. The number of hydrogen-bond acceptors (Lipinski definition) is 3. The molecular weight excluding hydrogens is 315 g/mol. The molecule has 23 heavy (non-hydrogen) atoms. The molecule has 0 heterocycles. The van der Waals surface area contributed by atoms with E-state index in [1.54, 1.807) is 19.2 Å². The van der Waals surface area contributed by atoms with E-state index >= 15 is 0 Å². The van der Waals surface area contributed by atoms with E-state index in [1.165, 1.54) is 12.1 Å². The summed E-state index contributed by atoms with van der Waals surface area (Å²) in [5, 5.41) is 6.44. The van der Waals surface area contributed by atoms with E-state index in [1.807, 2.05) is 31.2 Å². The average molecular weight is 334 g/mol. The Balaban J connectivity index is 1.77. The second-order valence-corrected chi connectivity index (χ2v) is 5.40. The first-order valence-electron chi connectivity index (χ1n) is 7.17. The molecule has 4 nitrogen and oxygen atoms in total. The molecule has 0 aliphatic heterocycles. The summed E-state index contributed by atoms with van der Waals surface area (Å²) in [6.07, 6.45) is 0. The summed E-state index contributed by atoms with van der Waals surface area (Å²) in [6, 6.07) is 13.5. The summed E-state index contributed by atoms with van der Waals surface area (Å²) in [6.45, 7) is 2.39. The molecule has 0 aliphatic carbocycles. The molecular formula is C17H19FN2O2S. The molecule has 0 saturated heterocycles.